The zero-order chi connectivity index (χ0) is 16.2. The Morgan fingerprint density at radius 2 is 2.00 bits per heavy atom. The maximum atomic E-state index is 14.3. The normalized spacial score (nSPS) is 19.0. The molecule has 1 aromatic carbocycles. The molecule has 0 amide bonds. The number of anilines is 1. The van der Waals surface area contributed by atoms with Gasteiger partial charge >= 0.3 is 0 Å². The summed E-state index contributed by atoms with van der Waals surface area (Å²) in [6.07, 6.45) is 0.663. The molecule has 128 valence electrons. The van der Waals surface area contributed by atoms with Crippen LogP contribution in [0.4, 0.5) is 18.9 Å². The quantitative estimate of drug-likeness (QED) is 0.900. The number of hydrogen-bond acceptors (Lipinski definition) is 4. The van der Waals surface area contributed by atoms with E-state index >= 15 is 0 Å². The molecule has 1 saturated heterocycles. The number of hydrogen-bond donors (Lipinski definition) is 1. The number of piperidine rings is 1. The van der Waals surface area contributed by atoms with E-state index in [1.807, 2.05) is 0 Å². The summed E-state index contributed by atoms with van der Waals surface area (Å²) in [5, 5.41) is 3.30. The molecular formula is C16H21F3N2O2. The highest BCUT2D eigenvalue weighted by Crippen LogP contribution is 2.35. The van der Waals surface area contributed by atoms with Gasteiger partial charge in [0.2, 0.25) is 0 Å². The fourth-order valence-electron chi connectivity index (χ4n) is 3.09. The first-order valence-electron chi connectivity index (χ1n) is 7.89. The second kappa shape index (κ2) is 7.40. The Kier molecular flexibility index (Phi) is 5.27. The summed E-state index contributed by atoms with van der Waals surface area (Å²) in [7, 11) is 0. The standard InChI is InChI=1S/C16H21F3N2O2/c17-7-13(8-18)23-16-5-11-9-22-10-21(15(11)6-14(16)19)12-1-3-20-4-2-12/h5-6,12-13,20H,1-4,7-10H2. The predicted octanol–water partition coefficient (Wildman–Crippen LogP) is 2.56. The first-order valence-corrected chi connectivity index (χ1v) is 7.89. The van der Waals surface area contributed by atoms with Crippen LogP contribution in [-0.4, -0.2) is 45.3 Å². The highest BCUT2D eigenvalue weighted by molar-refractivity contribution is 5.58. The maximum absolute atomic E-state index is 14.3. The molecule has 2 aliphatic heterocycles. The SMILES string of the molecule is FCC(CF)Oc1cc2c(cc1F)N(C1CCNCC1)COC2. The Morgan fingerprint density at radius 3 is 2.70 bits per heavy atom. The number of fused-ring (bicyclic) bond motifs is 1. The van der Waals surface area contributed by atoms with E-state index in [-0.39, 0.29) is 5.75 Å². The molecule has 0 spiro atoms. The van der Waals surface area contributed by atoms with E-state index < -0.39 is 25.3 Å². The van der Waals surface area contributed by atoms with Crippen LogP contribution in [0, 0.1) is 5.82 Å². The third kappa shape index (κ3) is 3.55. The number of alkyl halides is 2. The number of nitrogens with one attached hydrogen (secondary N) is 1. The van der Waals surface area contributed by atoms with Crippen LogP contribution in [0.15, 0.2) is 12.1 Å². The maximum Gasteiger partial charge on any atom is 0.167 e. The molecule has 0 unspecified atom stereocenters. The van der Waals surface area contributed by atoms with E-state index in [2.05, 4.69) is 10.2 Å². The van der Waals surface area contributed by atoms with Gasteiger partial charge in [-0.2, -0.15) is 0 Å². The minimum Gasteiger partial charge on any atom is -0.482 e. The first-order chi connectivity index (χ1) is 11.2. The lowest BCUT2D eigenvalue weighted by atomic mass is 10.0. The Labute approximate surface area is 133 Å². The van der Waals surface area contributed by atoms with Crippen LogP contribution in [-0.2, 0) is 11.3 Å². The molecular weight excluding hydrogens is 309 g/mol. The summed E-state index contributed by atoms with van der Waals surface area (Å²) in [6.45, 7) is 0.622. The number of ether oxygens (including phenoxy) is 2. The lowest BCUT2D eigenvalue weighted by molar-refractivity contribution is 0.0990. The summed E-state index contributed by atoms with van der Waals surface area (Å²) in [5.41, 5.74) is 1.56. The second-order valence-corrected chi connectivity index (χ2v) is 5.89. The average Bonchev–Trinajstić information content (AvgIpc) is 2.60. The lowest BCUT2D eigenvalue weighted by Gasteiger charge is -2.39. The molecule has 0 radical (unpaired) electrons. The van der Waals surface area contributed by atoms with Crippen LogP contribution in [0.3, 0.4) is 0 Å². The van der Waals surface area contributed by atoms with E-state index in [1.165, 1.54) is 12.1 Å². The van der Waals surface area contributed by atoms with Crippen molar-refractivity contribution in [1.82, 2.24) is 5.32 Å². The monoisotopic (exact) mass is 330 g/mol. The van der Waals surface area contributed by atoms with Gasteiger partial charge in [0.25, 0.3) is 0 Å². The van der Waals surface area contributed by atoms with Crippen molar-refractivity contribution < 1.29 is 22.6 Å². The molecule has 3 rings (SSSR count). The zero-order valence-electron chi connectivity index (χ0n) is 12.9. The largest absolute Gasteiger partial charge is 0.482 e. The smallest absolute Gasteiger partial charge is 0.167 e. The third-order valence-corrected chi connectivity index (χ3v) is 4.32. The van der Waals surface area contributed by atoms with Gasteiger partial charge in [0.05, 0.1) is 6.61 Å². The fraction of sp³-hybridized carbons (Fsp3) is 0.625. The molecule has 23 heavy (non-hydrogen) atoms. The van der Waals surface area contributed by atoms with Crippen LogP contribution in [0.5, 0.6) is 5.75 Å². The fourth-order valence-corrected chi connectivity index (χ4v) is 3.09. The van der Waals surface area contributed by atoms with E-state index in [0.29, 0.717) is 19.4 Å². The van der Waals surface area contributed by atoms with Crippen molar-refractivity contribution in [3.05, 3.63) is 23.5 Å². The van der Waals surface area contributed by atoms with Crippen LogP contribution in [0.2, 0.25) is 0 Å². The average molecular weight is 330 g/mol. The lowest BCUT2D eigenvalue weighted by Crippen LogP contribution is -2.46. The minimum absolute atomic E-state index is 0.125. The van der Waals surface area contributed by atoms with Crippen molar-refractivity contribution >= 4 is 5.69 Å². The summed E-state index contributed by atoms with van der Waals surface area (Å²) in [4.78, 5) is 2.06. The molecule has 7 heteroatoms. The zero-order valence-corrected chi connectivity index (χ0v) is 12.9. The molecule has 0 bridgehead atoms. The van der Waals surface area contributed by atoms with E-state index in [4.69, 9.17) is 9.47 Å². The predicted molar refractivity (Wildman–Crippen MR) is 80.8 cm³/mol. The van der Waals surface area contributed by atoms with Gasteiger partial charge in [0.15, 0.2) is 17.7 Å². The van der Waals surface area contributed by atoms with Gasteiger partial charge in [-0.1, -0.05) is 0 Å². The van der Waals surface area contributed by atoms with E-state index in [1.54, 1.807) is 0 Å². The van der Waals surface area contributed by atoms with Crippen LogP contribution < -0.4 is 15.0 Å². The molecule has 4 nitrogen and oxygen atoms in total. The van der Waals surface area contributed by atoms with Gasteiger partial charge in [-0.3, -0.25) is 0 Å². The molecule has 2 heterocycles. The van der Waals surface area contributed by atoms with Gasteiger partial charge in [0.1, 0.15) is 20.1 Å². The summed E-state index contributed by atoms with van der Waals surface area (Å²) < 4.78 is 50.2. The van der Waals surface area contributed by atoms with Gasteiger partial charge in [-0.25, -0.2) is 13.2 Å². The topological polar surface area (TPSA) is 33.7 Å². The first kappa shape index (κ1) is 16.4. The van der Waals surface area contributed by atoms with E-state index in [0.717, 1.165) is 37.2 Å². The Morgan fingerprint density at radius 1 is 1.26 bits per heavy atom. The van der Waals surface area contributed by atoms with Crippen molar-refractivity contribution in [1.29, 1.82) is 0 Å². The Hall–Kier alpha value is -1.47. The Bertz CT molecular complexity index is 534. The molecule has 2 aliphatic rings. The van der Waals surface area contributed by atoms with Gasteiger partial charge < -0.3 is 19.7 Å². The molecule has 1 N–H and O–H groups in total. The summed E-state index contributed by atoms with van der Waals surface area (Å²) in [6, 6.07) is 3.18. The third-order valence-electron chi connectivity index (χ3n) is 4.32. The van der Waals surface area contributed by atoms with Crippen molar-refractivity contribution in [3.8, 4) is 5.75 Å². The highest BCUT2D eigenvalue weighted by Gasteiger charge is 2.28. The molecule has 0 atom stereocenters. The molecule has 0 saturated carbocycles. The van der Waals surface area contributed by atoms with Crippen molar-refractivity contribution in [2.75, 3.05) is 38.1 Å². The van der Waals surface area contributed by atoms with Crippen LogP contribution >= 0.6 is 0 Å². The summed E-state index contributed by atoms with van der Waals surface area (Å²) in [5.74, 6) is -0.726. The van der Waals surface area contributed by atoms with E-state index in [9.17, 15) is 13.2 Å². The van der Waals surface area contributed by atoms with Gasteiger partial charge in [-0.15, -0.1) is 0 Å². The van der Waals surface area contributed by atoms with Crippen molar-refractivity contribution in [3.63, 3.8) is 0 Å². The number of rotatable bonds is 5. The van der Waals surface area contributed by atoms with Crippen LogP contribution in [0.1, 0.15) is 18.4 Å². The summed E-state index contributed by atoms with van der Waals surface area (Å²) >= 11 is 0. The Balaban J connectivity index is 1.84. The number of benzene rings is 1. The molecule has 0 aromatic heterocycles. The number of halogens is 3. The highest BCUT2D eigenvalue weighted by atomic mass is 19.1. The molecule has 0 aliphatic carbocycles. The second-order valence-electron chi connectivity index (χ2n) is 5.89. The minimum atomic E-state index is -1.27. The van der Waals surface area contributed by atoms with Crippen molar-refractivity contribution in [2.45, 2.75) is 31.6 Å². The molecule has 1 aromatic rings. The van der Waals surface area contributed by atoms with Crippen molar-refractivity contribution in [2.24, 2.45) is 0 Å². The van der Waals surface area contributed by atoms with Crippen LogP contribution in [0.25, 0.3) is 0 Å². The molecule has 1 fully saturated rings. The van der Waals surface area contributed by atoms with Gasteiger partial charge in [0, 0.05) is 23.4 Å². The number of nitrogens with zero attached hydrogens (tertiary/aromatic N) is 1. The van der Waals surface area contributed by atoms with Gasteiger partial charge in [-0.05, 0) is 32.0 Å².